The third-order valence-corrected chi connectivity index (χ3v) is 3.28. The zero-order valence-corrected chi connectivity index (χ0v) is 12.9. The van der Waals surface area contributed by atoms with Crippen molar-refractivity contribution in [1.29, 1.82) is 5.26 Å². The minimum atomic E-state index is -0.535. The minimum absolute atomic E-state index is 0.265. The molecule has 0 aliphatic heterocycles. The van der Waals surface area contributed by atoms with Gasteiger partial charge in [0.1, 0.15) is 17.6 Å². The molecule has 0 radical (unpaired) electrons. The van der Waals surface area contributed by atoms with Crippen molar-refractivity contribution in [3.05, 3.63) is 58.1 Å². The molecule has 2 aromatic carbocycles. The number of rotatable bonds is 4. The van der Waals surface area contributed by atoms with Crippen LogP contribution in [0.25, 0.3) is 0 Å². The molecular weight excluding hydrogens is 334 g/mol. The number of benzene rings is 2. The Morgan fingerprint density at radius 2 is 2.00 bits per heavy atom. The van der Waals surface area contributed by atoms with Crippen molar-refractivity contribution in [3.63, 3.8) is 0 Å². The number of nitrogens with zero attached hydrogens (tertiary/aromatic N) is 1. The van der Waals surface area contributed by atoms with E-state index in [0.717, 1.165) is 5.56 Å². The first-order chi connectivity index (χ1) is 10.1. The maximum Gasteiger partial charge on any atom is 0.349 e. The molecule has 0 aliphatic carbocycles. The zero-order valence-electron chi connectivity index (χ0n) is 11.3. The molecule has 2 rings (SSSR count). The Kier molecular flexibility index (Phi) is 4.96. The quantitative estimate of drug-likeness (QED) is 0.627. The molecule has 0 fully saturated rings. The molecule has 0 unspecified atom stereocenters. The lowest BCUT2D eigenvalue weighted by molar-refractivity contribution is -0.136. The Hall–Kier alpha value is -2.32. The van der Waals surface area contributed by atoms with Crippen LogP contribution < -0.4 is 9.47 Å². The summed E-state index contributed by atoms with van der Waals surface area (Å²) < 4.78 is 11.2. The van der Waals surface area contributed by atoms with Crippen molar-refractivity contribution in [3.8, 4) is 17.6 Å². The van der Waals surface area contributed by atoms with Gasteiger partial charge in [0.2, 0.25) is 0 Å². The number of hydrogen-bond acceptors (Lipinski definition) is 4. The molecule has 0 heterocycles. The summed E-state index contributed by atoms with van der Waals surface area (Å²) in [7, 11) is 0. The summed E-state index contributed by atoms with van der Waals surface area (Å²) in [5.41, 5.74) is 1.43. The number of para-hydroxylation sites is 1. The van der Waals surface area contributed by atoms with Crippen LogP contribution in [0.15, 0.2) is 46.9 Å². The molecule has 0 saturated heterocycles. The summed E-state index contributed by atoms with van der Waals surface area (Å²) in [6.45, 7) is 1.68. The van der Waals surface area contributed by atoms with E-state index in [2.05, 4.69) is 15.9 Å². The Labute approximate surface area is 131 Å². The molecule has 2 aromatic rings. The van der Waals surface area contributed by atoms with E-state index in [-0.39, 0.29) is 6.61 Å². The van der Waals surface area contributed by atoms with Gasteiger partial charge in [0.05, 0.1) is 10.0 Å². The molecule has 21 heavy (non-hydrogen) atoms. The fourth-order valence-corrected chi connectivity index (χ4v) is 2.24. The van der Waals surface area contributed by atoms with Crippen molar-refractivity contribution in [2.45, 2.75) is 6.92 Å². The average Bonchev–Trinajstić information content (AvgIpc) is 2.48. The average molecular weight is 346 g/mol. The van der Waals surface area contributed by atoms with Gasteiger partial charge in [-0.3, -0.25) is 0 Å². The van der Waals surface area contributed by atoms with Crippen LogP contribution in [0.2, 0.25) is 0 Å². The van der Waals surface area contributed by atoms with Crippen molar-refractivity contribution in [2.75, 3.05) is 6.61 Å². The second kappa shape index (κ2) is 6.91. The van der Waals surface area contributed by atoms with Crippen molar-refractivity contribution >= 4 is 21.9 Å². The lowest BCUT2D eigenvalue weighted by Crippen LogP contribution is -2.18. The van der Waals surface area contributed by atoms with Gasteiger partial charge in [-0.25, -0.2) is 4.79 Å². The summed E-state index contributed by atoms with van der Waals surface area (Å²) >= 11 is 3.33. The van der Waals surface area contributed by atoms with Crippen LogP contribution in [0, 0.1) is 18.3 Å². The Morgan fingerprint density at radius 1 is 1.24 bits per heavy atom. The van der Waals surface area contributed by atoms with E-state index in [1.54, 1.807) is 30.3 Å². The summed E-state index contributed by atoms with van der Waals surface area (Å²) in [5.74, 6) is 0.259. The van der Waals surface area contributed by atoms with E-state index in [1.165, 1.54) is 0 Å². The smallest absolute Gasteiger partial charge is 0.349 e. The molecule has 5 heteroatoms. The van der Waals surface area contributed by atoms with E-state index in [4.69, 9.17) is 14.7 Å². The molecule has 0 aromatic heterocycles. The van der Waals surface area contributed by atoms with Crippen LogP contribution >= 0.6 is 15.9 Å². The highest BCUT2D eigenvalue weighted by Crippen LogP contribution is 2.26. The molecule has 4 nitrogen and oxygen atoms in total. The summed E-state index contributed by atoms with van der Waals surface area (Å²) in [6.07, 6.45) is 0. The predicted octanol–water partition coefficient (Wildman–Crippen LogP) is 3.61. The fourth-order valence-electron chi connectivity index (χ4n) is 1.66. The van der Waals surface area contributed by atoms with E-state index in [0.29, 0.717) is 21.5 Å². The standard InChI is InChI=1S/C16H12BrNO3/c1-11-6-7-15(13(17)8-11)21-16(19)10-20-14-5-3-2-4-12(14)9-18/h2-8H,10H2,1H3. The van der Waals surface area contributed by atoms with Gasteiger partial charge >= 0.3 is 5.97 Å². The van der Waals surface area contributed by atoms with Crippen molar-refractivity contribution < 1.29 is 14.3 Å². The van der Waals surface area contributed by atoms with Crippen LogP contribution in [-0.4, -0.2) is 12.6 Å². The van der Waals surface area contributed by atoms with E-state index in [1.807, 2.05) is 25.1 Å². The van der Waals surface area contributed by atoms with Crippen LogP contribution in [0.1, 0.15) is 11.1 Å². The SMILES string of the molecule is Cc1ccc(OC(=O)COc2ccccc2C#N)c(Br)c1. The number of hydrogen-bond donors (Lipinski definition) is 0. The molecular formula is C16H12BrNO3. The Morgan fingerprint density at radius 3 is 2.71 bits per heavy atom. The van der Waals surface area contributed by atoms with E-state index < -0.39 is 5.97 Å². The second-order valence-corrected chi connectivity index (χ2v) is 5.16. The predicted molar refractivity (Wildman–Crippen MR) is 81.2 cm³/mol. The van der Waals surface area contributed by atoms with Crippen molar-refractivity contribution in [2.24, 2.45) is 0 Å². The number of nitriles is 1. The largest absolute Gasteiger partial charge is 0.481 e. The molecule has 0 amide bonds. The van der Waals surface area contributed by atoms with E-state index in [9.17, 15) is 4.79 Å². The molecule has 0 N–H and O–H groups in total. The van der Waals surface area contributed by atoms with Gasteiger partial charge in [0.15, 0.2) is 6.61 Å². The zero-order chi connectivity index (χ0) is 15.2. The van der Waals surface area contributed by atoms with Crippen molar-refractivity contribution in [1.82, 2.24) is 0 Å². The first-order valence-corrected chi connectivity index (χ1v) is 6.98. The highest BCUT2D eigenvalue weighted by molar-refractivity contribution is 9.10. The maximum absolute atomic E-state index is 11.8. The molecule has 106 valence electrons. The number of esters is 1. The first-order valence-electron chi connectivity index (χ1n) is 6.19. The van der Waals surface area contributed by atoms with Crippen LogP contribution in [0.3, 0.4) is 0 Å². The molecule has 0 bridgehead atoms. The number of carbonyl (C=O) groups excluding carboxylic acids is 1. The van der Waals surface area contributed by atoms with Gasteiger partial charge in [-0.15, -0.1) is 0 Å². The number of aryl methyl sites for hydroxylation is 1. The number of carbonyl (C=O) groups is 1. The summed E-state index contributed by atoms with van der Waals surface area (Å²) in [4.78, 5) is 11.8. The third kappa shape index (κ3) is 4.07. The van der Waals surface area contributed by atoms with Gasteiger partial charge in [-0.2, -0.15) is 5.26 Å². The molecule has 0 atom stereocenters. The summed E-state index contributed by atoms with van der Waals surface area (Å²) in [5, 5.41) is 8.93. The molecule has 0 aliphatic rings. The van der Waals surface area contributed by atoms with Gasteiger partial charge in [-0.1, -0.05) is 18.2 Å². The van der Waals surface area contributed by atoms with Gasteiger partial charge in [0, 0.05) is 0 Å². The molecule has 0 spiro atoms. The van der Waals surface area contributed by atoms with Gasteiger partial charge < -0.3 is 9.47 Å². The monoisotopic (exact) mass is 345 g/mol. The maximum atomic E-state index is 11.8. The van der Waals surface area contributed by atoms with Gasteiger partial charge in [-0.05, 0) is 52.7 Å². The summed E-state index contributed by atoms with van der Waals surface area (Å²) in [6, 6.07) is 14.1. The first kappa shape index (κ1) is 15.1. The Balaban J connectivity index is 1.98. The van der Waals surface area contributed by atoms with Crippen LogP contribution in [0.5, 0.6) is 11.5 Å². The highest BCUT2D eigenvalue weighted by atomic mass is 79.9. The number of halogens is 1. The minimum Gasteiger partial charge on any atom is -0.481 e. The third-order valence-electron chi connectivity index (χ3n) is 2.66. The highest BCUT2D eigenvalue weighted by Gasteiger charge is 2.10. The van der Waals surface area contributed by atoms with Gasteiger partial charge in [0.25, 0.3) is 0 Å². The lowest BCUT2D eigenvalue weighted by atomic mass is 10.2. The van der Waals surface area contributed by atoms with Crippen LogP contribution in [-0.2, 0) is 4.79 Å². The lowest BCUT2D eigenvalue weighted by Gasteiger charge is -2.09. The number of ether oxygens (including phenoxy) is 2. The van der Waals surface area contributed by atoms with Crippen LogP contribution in [0.4, 0.5) is 0 Å². The Bertz CT molecular complexity index is 707. The topological polar surface area (TPSA) is 59.3 Å². The molecule has 0 saturated carbocycles. The van der Waals surface area contributed by atoms with E-state index >= 15 is 0 Å². The normalized spacial score (nSPS) is 9.76. The fraction of sp³-hybridized carbons (Fsp3) is 0.125. The second-order valence-electron chi connectivity index (χ2n) is 4.30.